The highest BCUT2D eigenvalue weighted by Gasteiger charge is 2.11. The molecule has 0 unspecified atom stereocenters. The summed E-state index contributed by atoms with van der Waals surface area (Å²) < 4.78 is 13.2. The molecule has 1 amide bonds. The summed E-state index contributed by atoms with van der Waals surface area (Å²) in [6, 6.07) is 4.22. The van der Waals surface area contributed by atoms with Gasteiger partial charge in [-0.3, -0.25) is 9.59 Å². The van der Waals surface area contributed by atoms with Crippen LogP contribution in [0.2, 0.25) is 0 Å². The van der Waals surface area contributed by atoms with Crippen LogP contribution >= 0.6 is 23.1 Å². The molecule has 5 nitrogen and oxygen atoms in total. The number of thiophene rings is 1. The first-order chi connectivity index (χ1) is 11.4. The number of aryl methyl sites for hydroxylation is 2. The summed E-state index contributed by atoms with van der Waals surface area (Å²) in [6.45, 7) is 3.64. The Bertz CT molecular complexity index is 981. The minimum absolute atomic E-state index is 0.0642. The Hall–Kier alpha value is -2.19. The van der Waals surface area contributed by atoms with Gasteiger partial charge in [0, 0.05) is 5.69 Å². The maximum absolute atomic E-state index is 13.2. The Morgan fingerprint density at radius 2 is 2.17 bits per heavy atom. The van der Waals surface area contributed by atoms with Crippen LogP contribution in [0.4, 0.5) is 10.1 Å². The average Bonchev–Trinajstić information content (AvgIpc) is 2.91. The minimum atomic E-state index is -0.409. The molecule has 0 radical (unpaired) electrons. The second-order valence-electron chi connectivity index (χ2n) is 5.27. The van der Waals surface area contributed by atoms with E-state index in [4.69, 9.17) is 0 Å². The Kier molecular flexibility index (Phi) is 4.68. The highest BCUT2D eigenvalue weighted by atomic mass is 32.2. The standard InChI is InChI=1S/C16H14FN3O2S2/c1-8-3-4-10(17)5-11(8)18-12(21)7-24-16-19-14(22)13-9(2)6-23-15(13)20-16/h3-6H,7H2,1-2H3,(H,18,21)(H,19,20,22). The number of hydrogen-bond donors (Lipinski definition) is 2. The van der Waals surface area contributed by atoms with Gasteiger partial charge in [-0.1, -0.05) is 17.8 Å². The number of aromatic nitrogens is 2. The first-order valence-electron chi connectivity index (χ1n) is 7.11. The van der Waals surface area contributed by atoms with Crippen LogP contribution in [-0.4, -0.2) is 21.6 Å². The molecule has 2 N–H and O–H groups in total. The molecule has 0 fully saturated rings. The molecule has 0 atom stereocenters. The zero-order chi connectivity index (χ0) is 17.3. The van der Waals surface area contributed by atoms with Crippen LogP contribution in [0.3, 0.4) is 0 Å². The zero-order valence-corrected chi connectivity index (χ0v) is 14.6. The van der Waals surface area contributed by atoms with E-state index < -0.39 is 5.82 Å². The molecule has 1 aromatic carbocycles. The van der Waals surface area contributed by atoms with Gasteiger partial charge in [0.2, 0.25) is 5.91 Å². The van der Waals surface area contributed by atoms with Crippen molar-refractivity contribution in [1.29, 1.82) is 0 Å². The number of halogens is 1. The molecule has 0 spiro atoms. The lowest BCUT2D eigenvalue weighted by Gasteiger charge is -2.08. The smallest absolute Gasteiger partial charge is 0.260 e. The first kappa shape index (κ1) is 16.7. The number of rotatable bonds is 4. The summed E-state index contributed by atoms with van der Waals surface area (Å²) in [6.07, 6.45) is 0. The van der Waals surface area contributed by atoms with Crippen molar-refractivity contribution in [2.45, 2.75) is 19.0 Å². The number of thioether (sulfide) groups is 1. The second-order valence-corrected chi connectivity index (χ2v) is 7.09. The Morgan fingerprint density at radius 3 is 2.96 bits per heavy atom. The largest absolute Gasteiger partial charge is 0.325 e. The summed E-state index contributed by atoms with van der Waals surface area (Å²) in [7, 11) is 0. The second kappa shape index (κ2) is 6.74. The monoisotopic (exact) mass is 363 g/mol. The average molecular weight is 363 g/mol. The van der Waals surface area contributed by atoms with E-state index in [1.165, 1.54) is 23.5 Å². The van der Waals surface area contributed by atoms with Crippen molar-refractivity contribution < 1.29 is 9.18 Å². The van der Waals surface area contributed by atoms with Crippen molar-refractivity contribution in [3.05, 3.63) is 50.9 Å². The molecule has 0 saturated carbocycles. The number of carbonyl (C=O) groups is 1. The van der Waals surface area contributed by atoms with Crippen LogP contribution in [0.25, 0.3) is 10.2 Å². The molecule has 0 aliphatic heterocycles. The number of fused-ring (bicyclic) bond motifs is 1. The fourth-order valence-corrected chi connectivity index (χ4v) is 3.83. The third-order valence-corrected chi connectivity index (χ3v) is 5.28. The summed E-state index contributed by atoms with van der Waals surface area (Å²) in [5.41, 5.74) is 1.89. The SMILES string of the molecule is Cc1ccc(F)cc1NC(=O)CSc1nc2scc(C)c2c(=O)[nH]1. The maximum atomic E-state index is 13.2. The number of aromatic amines is 1. The molecule has 3 rings (SSSR count). The van der Waals surface area contributed by atoms with Crippen LogP contribution in [0, 0.1) is 19.7 Å². The van der Waals surface area contributed by atoms with Crippen molar-refractivity contribution in [3.8, 4) is 0 Å². The number of carbonyl (C=O) groups excluding carboxylic acids is 1. The fourth-order valence-electron chi connectivity index (χ4n) is 2.19. The van der Waals surface area contributed by atoms with E-state index in [1.807, 2.05) is 12.3 Å². The maximum Gasteiger partial charge on any atom is 0.260 e. The van der Waals surface area contributed by atoms with Crippen molar-refractivity contribution in [3.63, 3.8) is 0 Å². The predicted molar refractivity (Wildman–Crippen MR) is 95.5 cm³/mol. The van der Waals surface area contributed by atoms with Crippen LogP contribution < -0.4 is 10.9 Å². The summed E-state index contributed by atoms with van der Waals surface area (Å²) >= 11 is 2.53. The van der Waals surface area contributed by atoms with Gasteiger partial charge in [0.15, 0.2) is 5.16 Å². The summed E-state index contributed by atoms with van der Waals surface area (Å²) in [5, 5.41) is 5.51. The van der Waals surface area contributed by atoms with E-state index in [9.17, 15) is 14.0 Å². The van der Waals surface area contributed by atoms with Gasteiger partial charge >= 0.3 is 0 Å². The number of H-pyrrole nitrogens is 1. The van der Waals surface area contributed by atoms with Crippen molar-refractivity contribution in [1.82, 2.24) is 9.97 Å². The zero-order valence-electron chi connectivity index (χ0n) is 13.0. The molecule has 2 aromatic heterocycles. The third kappa shape index (κ3) is 3.49. The quantitative estimate of drug-likeness (QED) is 0.550. The Labute approximate surface area is 145 Å². The fraction of sp³-hybridized carbons (Fsp3) is 0.188. The molecular formula is C16H14FN3O2S2. The molecule has 0 aliphatic rings. The molecule has 0 bridgehead atoms. The molecule has 0 saturated heterocycles. The molecule has 3 aromatic rings. The van der Waals surface area contributed by atoms with Crippen molar-refractivity contribution >= 4 is 44.9 Å². The van der Waals surface area contributed by atoms with E-state index in [0.29, 0.717) is 21.1 Å². The highest BCUT2D eigenvalue weighted by Crippen LogP contribution is 2.23. The van der Waals surface area contributed by atoms with Crippen LogP contribution in [0.15, 0.2) is 33.5 Å². The van der Waals surface area contributed by atoms with E-state index in [2.05, 4.69) is 15.3 Å². The lowest BCUT2D eigenvalue weighted by Crippen LogP contribution is -2.16. The van der Waals surface area contributed by atoms with Crippen molar-refractivity contribution in [2.24, 2.45) is 0 Å². The van der Waals surface area contributed by atoms with E-state index >= 15 is 0 Å². The lowest BCUT2D eigenvalue weighted by atomic mass is 10.2. The van der Waals surface area contributed by atoms with Gasteiger partial charge in [-0.25, -0.2) is 9.37 Å². The van der Waals surface area contributed by atoms with E-state index in [1.54, 1.807) is 13.0 Å². The normalized spacial score (nSPS) is 11.0. The van der Waals surface area contributed by atoms with Gasteiger partial charge in [-0.15, -0.1) is 11.3 Å². The van der Waals surface area contributed by atoms with Gasteiger partial charge < -0.3 is 10.3 Å². The number of nitrogens with zero attached hydrogens (tertiary/aromatic N) is 1. The molecule has 2 heterocycles. The Morgan fingerprint density at radius 1 is 1.38 bits per heavy atom. The summed E-state index contributed by atoms with van der Waals surface area (Å²) in [4.78, 5) is 31.8. The number of hydrogen-bond acceptors (Lipinski definition) is 5. The topological polar surface area (TPSA) is 74.8 Å². The van der Waals surface area contributed by atoms with Gasteiger partial charge in [-0.2, -0.15) is 0 Å². The first-order valence-corrected chi connectivity index (χ1v) is 8.97. The van der Waals surface area contributed by atoms with Gasteiger partial charge in [0.25, 0.3) is 5.56 Å². The molecular weight excluding hydrogens is 349 g/mol. The van der Waals surface area contributed by atoms with Gasteiger partial charge in [0.1, 0.15) is 10.6 Å². The van der Waals surface area contributed by atoms with Crippen LogP contribution in [0.1, 0.15) is 11.1 Å². The molecule has 124 valence electrons. The molecule has 8 heteroatoms. The summed E-state index contributed by atoms with van der Waals surface area (Å²) in [5.74, 6) is -0.638. The number of anilines is 1. The number of benzene rings is 1. The predicted octanol–water partition coefficient (Wildman–Crippen LogP) is 3.47. The van der Waals surface area contributed by atoms with Gasteiger partial charge in [-0.05, 0) is 42.5 Å². The molecule has 24 heavy (non-hydrogen) atoms. The Balaban J connectivity index is 1.70. The number of amides is 1. The third-order valence-electron chi connectivity index (χ3n) is 3.42. The van der Waals surface area contributed by atoms with Crippen LogP contribution in [-0.2, 0) is 4.79 Å². The lowest BCUT2D eigenvalue weighted by molar-refractivity contribution is -0.113. The van der Waals surface area contributed by atoms with Crippen LogP contribution in [0.5, 0.6) is 0 Å². The van der Waals surface area contributed by atoms with Crippen molar-refractivity contribution in [2.75, 3.05) is 11.1 Å². The van der Waals surface area contributed by atoms with E-state index in [-0.39, 0.29) is 17.2 Å². The van der Waals surface area contributed by atoms with Gasteiger partial charge in [0.05, 0.1) is 11.1 Å². The number of nitrogens with one attached hydrogen (secondary N) is 2. The van der Waals surface area contributed by atoms with E-state index in [0.717, 1.165) is 22.9 Å². The molecule has 0 aliphatic carbocycles. The highest BCUT2D eigenvalue weighted by molar-refractivity contribution is 7.99. The minimum Gasteiger partial charge on any atom is -0.325 e.